The maximum absolute atomic E-state index is 12.0. The molecule has 0 bridgehead atoms. The largest absolute Gasteiger partial charge is 0.490 e. The second-order valence-corrected chi connectivity index (χ2v) is 7.75. The Labute approximate surface area is 191 Å². The molecule has 0 saturated carbocycles. The molecule has 5 nitrogen and oxygen atoms in total. The smallest absolute Gasteiger partial charge is 0.240 e. The molecule has 0 heterocycles. The predicted molar refractivity (Wildman–Crippen MR) is 127 cm³/mol. The summed E-state index contributed by atoms with van der Waals surface area (Å²) in [5.74, 6) is 1.17. The zero-order valence-corrected chi connectivity index (χ0v) is 19.0. The Morgan fingerprint density at radius 2 is 1.74 bits per heavy atom. The molecule has 0 aliphatic heterocycles. The van der Waals surface area contributed by atoms with Crippen LogP contribution < -0.4 is 14.9 Å². The van der Waals surface area contributed by atoms with Gasteiger partial charge in [-0.2, -0.15) is 5.10 Å². The molecule has 0 aromatic heterocycles. The normalized spacial score (nSPS) is 10.8. The van der Waals surface area contributed by atoms with Crippen LogP contribution in [0.1, 0.15) is 30.0 Å². The standard InChI is InChI=1S/C25H25BrN2O3/c1-2-30-24-16-21(10-14-23(24)31-18-20-8-12-22(26)13-9-20)17-27-28-25(29)15-11-19-6-4-3-5-7-19/h3-10,12-14,16-17H,2,11,15,18H2,1H3,(H,28,29)/b27-17-. The molecule has 1 amide bonds. The molecule has 160 valence electrons. The Morgan fingerprint density at radius 1 is 0.968 bits per heavy atom. The Bertz CT molecular complexity index is 1010. The van der Waals surface area contributed by atoms with Gasteiger partial charge in [0.05, 0.1) is 12.8 Å². The van der Waals surface area contributed by atoms with E-state index in [9.17, 15) is 4.79 Å². The number of hydrogen-bond acceptors (Lipinski definition) is 4. The summed E-state index contributed by atoms with van der Waals surface area (Å²) in [6, 6.07) is 23.5. The number of nitrogens with one attached hydrogen (secondary N) is 1. The van der Waals surface area contributed by atoms with Crippen molar-refractivity contribution in [2.45, 2.75) is 26.4 Å². The number of benzene rings is 3. The fraction of sp³-hybridized carbons (Fsp3) is 0.200. The van der Waals surface area contributed by atoms with Crippen LogP contribution in [0.25, 0.3) is 0 Å². The van der Waals surface area contributed by atoms with E-state index < -0.39 is 0 Å². The van der Waals surface area contributed by atoms with Gasteiger partial charge in [0, 0.05) is 10.9 Å². The highest BCUT2D eigenvalue weighted by Crippen LogP contribution is 2.29. The molecule has 0 fully saturated rings. The molecule has 0 radical (unpaired) electrons. The van der Waals surface area contributed by atoms with Crippen LogP contribution >= 0.6 is 15.9 Å². The van der Waals surface area contributed by atoms with E-state index in [1.54, 1.807) is 6.21 Å². The summed E-state index contributed by atoms with van der Waals surface area (Å²) in [7, 11) is 0. The Kier molecular flexibility index (Phi) is 8.67. The molecular formula is C25H25BrN2O3. The van der Waals surface area contributed by atoms with Gasteiger partial charge in [-0.1, -0.05) is 58.4 Å². The molecule has 0 aliphatic rings. The number of rotatable bonds is 10. The minimum atomic E-state index is -0.125. The van der Waals surface area contributed by atoms with Gasteiger partial charge in [0.15, 0.2) is 11.5 Å². The van der Waals surface area contributed by atoms with E-state index in [0.29, 0.717) is 37.6 Å². The van der Waals surface area contributed by atoms with E-state index in [1.807, 2.05) is 79.7 Å². The molecule has 1 N–H and O–H groups in total. The molecule has 3 rings (SSSR count). The van der Waals surface area contributed by atoms with E-state index in [0.717, 1.165) is 21.2 Å². The third kappa shape index (κ3) is 7.57. The zero-order chi connectivity index (χ0) is 21.9. The third-order valence-electron chi connectivity index (χ3n) is 4.46. The number of amides is 1. The van der Waals surface area contributed by atoms with Gasteiger partial charge in [0.25, 0.3) is 0 Å². The second kappa shape index (κ2) is 11.9. The lowest BCUT2D eigenvalue weighted by molar-refractivity contribution is -0.121. The van der Waals surface area contributed by atoms with Crippen molar-refractivity contribution in [3.63, 3.8) is 0 Å². The monoisotopic (exact) mass is 480 g/mol. The number of carbonyl (C=O) groups excluding carboxylic acids is 1. The minimum Gasteiger partial charge on any atom is -0.490 e. The molecule has 0 unspecified atom stereocenters. The molecule has 0 spiro atoms. The summed E-state index contributed by atoms with van der Waals surface area (Å²) in [5, 5.41) is 4.06. The minimum absolute atomic E-state index is 0.125. The van der Waals surface area contributed by atoms with Crippen LogP contribution in [0, 0.1) is 0 Å². The maximum Gasteiger partial charge on any atom is 0.240 e. The lowest BCUT2D eigenvalue weighted by Crippen LogP contribution is -2.17. The summed E-state index contributed by atoms with van der Waals surface area (Å²) >= 11 is 3.43. The molecule has 31 heavy (non-hydrogen) atoms. The first kappa shape index (κ1) is 22.6. The van der Waals surface area contributed by atoms with Crippen LogP contribution in [0.5, 0.6) is 11.5 Å². The van der Waals surface area contributed by atoms with Crippen molar-refractivity contribution < 1.29 is 14.3 Å². The number of hydrazone groups is 1. The van der Waals surface area contributed by atoms with E-state index in [4.69, 9.17) is 9.47 Å². The Morgan fingerprint density at radius 3 is 2.48 bits per heavy atom. The molecule has 0 atom stereocenters. The van der Waals surface area contributed by atoms with Gasteiger partial charge in [-0.3, -0.25) is 4.79 Å². The van der Waals surface area contributed by atoms with Gasteiger partial charge in [0.2, 0.25) is 5.91 Å². The lowest BCUT2D eigenvalue weighted by Gasteiger charge is -2.12. The molecular weight excluding hydrogens is 456 g/mol. The molecule has 3 aromatic rings. The quantitative estimate of drug-likeness (QED) is 0.307. The first-order valence-corrected chi connectivity index (χ1v) is 10.9. The first-order valence-electron chi connectivity index (χ1n) is 10.1. The van der Waals surface area contributed by atoms with E-state index >= 15 is 0 Å². The highest BCUT2D eigenvalue weighted by Gasteiger charge is 2.07. The maximum atomic E-state index is 12.0. The Hall–Kier alpha value is -3.12. The molecule has 3 aromatic carbocycles. The van der Waals surface area contributed by atoms with Gasteiger partial charge in [-0.15, -0.1) is 0 Å². The van der Waals surface area contributed by atoms with Crippen LogP contribution in [0.2, 0.25) is 0 Å². The number of nitrogens with zero attached hydrogens (tertiary/aromatic N) is 1. The van der Waals surface area contributed by atoms with E-state index in [2.05, 4.69) is 26.5 Å². The fourth-order valence-electron chi connectivity index (χ4n) is 2.87. The average molecular weight is 481 g/mol. The van der Waals surface area contributed by atoms with E-state index in [-0.39, 0.29) is 5.91 Å². The van der Waals surface area contributed by atoms with Crippen molar-refractivity contribution in [2.24, 2.45) is 5.10 Å². The van der Waals surface area contributed by atoms with Gasteiger partial charge in [-0.05, 0) is 60.4 Å². The molecule has 6 heteroatoms. The van der Waals surface area contributed by atoms with Crippen LogP contribution in [-0.4, -0.2) is 18.7 Å². The highest BCUT2D eigenvalue weighted by molar-refractivity contribution is 9.10. The van der Waals surface area contributed by atoms with Gasteiger partial charge < -0.3 is 9.47 Å². The van der Waals surface area contributed by atoms with Crippen molar-refractivity contribution in [1.29, 1.82) is 0 Å². The SMILES string of the molecule is CCOc1cc(/C=N\NC(=O)CCc2ccccc2)ccc1OCc1ccc(Br)cc1. The summed E-state index contributed by atoms with van der Waals surface area (Å²) in [4.78, 5) is 12.0. The number of carbonyl (C=O) groups is 1. The van der Waals surface area contributed by atoms with Gasteiger partial charge in [0.1, 0.15) is 6.61 Å². The van der Waals surface area contributed by atoms with Gasteiger partial charge >= 0.3 is 0 Å². The van der Waals surface area contributed by atoms with E-state index in [1.165, 1.54) is 0 Å². The van der Waals surface area contributed by atoms with Crippen molar-refractivity contribution in [3.05, 3.63) is 94.0 Å². The summed E-state index contributed by atoms with van der Waals surface area (Å²) in [6.45, 7) is 2.88. The number of ether oxygens (including phenoxy) is 2. The first-order chi connectivity index (χ1) is 15.1. The van der Waals surface area contributed by atoms with Gasteiger partial charge in [-0.25, -0.2) is 5.43 Å². The average Bonchev–Trinajstić information content (AvgIpc) is 2.79. The van der Waals surface area contributed by atoms with Crippen LogP contribution in [0.3, 0.4) is 0 Å². The Balaban J connectivity index is 1.55. The highest BCUT2D eigenvalue weighted by atomic mass is 79.9. The van der Waals surface area contributed by atoms with Crippen molar-refractivity contribution >= 4 is 28.1 Å². The van der Waals surface area contributed by atoms with Crippen molar-refractivity contribution in [1.82, 2.24) is 5.43 Å². The van der Waals surface area contributed by atoms with Crippen molar-refractivity contribution in [3.8, 4) is 11.5 Å². The summed E-state index contributed by atoms with van der Waals surface area (Å²) in [6.07, 6.45) is 2.66. The number of hydrogen-bond donors (Lipinski definition) is 1. The topological polar surface area (TPSA) is 59.9 Å². The molecule has 0 aliphatic carbocycles. The number of aryl methyl sites for hydroxylation is 1. The third-order valence-corrected chi connectivity index (χ3v) is 4.99. The lowest BCUT2D eigenvalue weighted by atomic mass is 10.1. The second-order valence-electron chi connectivity index (χ2n) is 6.83. The van der Waals surface area contributed by atoms with Crippen molar-refractivity contribution in [2.75, 3.05) is 6.61 Å². The zero-order valence-electron chi connectivity index (χ0n) is 17.4. The van der Waals surface area contributed by atoms with Crippen LogP contribution in [0.4, 0.5) is 0 Å². The summed E-state index contributed by atoms with van der Waals surface area (Å²) in [5.41, 5.74) is 5.57. The summed E-state index contributed by atoms with van der Waals surface area (Å²) < 4.78 is 12.7. The van der Waals surface area contributed by atoms with Crippen LogP contribution in [-0.2, 0) is 17.8 Å². The number of halogens is 1. The predicted octanol–water partition coefficient (Wildman–Crippen LogP) is 5.51. The van der Waals surface area contributed by atoms with Crippen LogP contribution in [0.15, 0.2) is 82.4 Å². The fourth-order valence-corrected chi connectivity index (χ4v) is 3.14. The molecule has 0 saturated heterocycles.